The third-order valence-electron chi connectivity index (χ3n) is 4.22. The Bertz CT molecular complexity index is 748. The maximum Gasteiger partial charge on any atom is 0.251 e. The minimum absolute atomic E-state index is 0.154. The first-order valence-corrected chi connectivity index (χ1v) is 8.92. The van der Waals surface area contributed by atoms with Gasteiger partial charge in [0.25, 0.3) is 5.91 Å². The van der Waals surface area contributed by atoms with Gasteiger partial charge in [-0.2, -0.15) is 0 Å². The largest absolute Gasteiger partial charge is 0.395 e. The predicted octanol–water partition coefficient (Wildman–Crippen LogP) is 2.60. The Kier molecular flexibility index (Phi) is 7.49. The Hall–Kier alpha value is -2.73. The molecule has 2 aromatic carbocycles. The average Bonchev–Trinajstić information content (AvgIpc) is 2.66. The highest BCUT2D eigenvalue weighted by Gasteiger charge is 2.29. The van der Waals surface area contributed by atoms with E-state index in [0.29, 0.717) is 6.54 Å². The Balaban J connectivity index is 2.15. The maximum absolute atomic E-state index is 13.1. The van der Waals surface area contributed by atoms with Gasteiger partial charge in [-0.25, -0.2) is 4.39 Å². The zero-order valence-corrected chi connectivity index (χ0v) is 15.6. The molecule has 2 amide bonds. The molecule has 0 heterocycles. The summed E-state index contributed by atoms with van der Waals surface area (Å²) in [5.74, 6) is -1.29. The molecule has 2 N–H and O–H groups in total. The fraction of sp³-hybridized carbons (Fsp3) is 0.333. The summed E-state index contributed by atoms with van der Waals surface area (Å²) in [7, 11) is 0. The Morgan fingerprint density at radius 1 is 1.07 bits per heavy atom. The van der Waals surface area contributed by atoms with E-state index in [1.165, 1.54) is 29.2 Å². The van der Waals surface area contributed by atoms with Gasteiger partial charge in [0.1, 0.15) is 11.9 Å². The van der Waals surface area contributed by atoms with E-state index in [-0.39, 0.29) is 30.5 Å². The van der Waals surface area contributed by atoms with Crippen LogP contribution in [0.15, 0.2) is 54.6 Å². The van der Waals surface area contributed by atoms with Crippen LogP contribution in [-0.4, -0.2) is 41.0 Å². The van der Waals surface area contributed by atoms with Crippen LogP contribution in [0.4, 0.5) is 4.39 Å². The first-order valence-electron chi connectivity index (χ1n) is 8.92. The topological polar surface area (TPSA) is 69.6 Å². The van der Waals surface area contributed by atoms with E-state index in [2.05, 4.69) is 5.32 Å². The second kappa shape index (κ2) is 9.83. The van der Waals surface area contributed by atoms with Crippen LogP contribution >= 0.6 is 0 Å². The maximum atomic E-state index is 13.1. The summed E-state index contributed by atoms with van der Waals surface area (Å²) < 4.78 is 13.1. The summed E-state index contributed by atoms with van der Waals surface area (Å²) in [5, 5.41) is 12.1. The average molecular weight is 372 g/mol. The smallest absolute Gasteiger partial charge is 0.251 e. The van der Waals surface area contributed by atoms with Crippen LogP contribution in [0.2, 0.25) is 0 Å². The molecular formula is C21H25FN2O3. The van der Waals surface area contributed by atoms with E-state index >= 15 is 0 Å². The number of nitrogens with one attached hydrogen (secondary N) is 1. The zero-order chi connectivity index (χ0) is 19.8. The zero-order valence-electron chi connectivity index (χ0n) is 15.6. The molecule has 0 saturated heterocycles. The number of hydrogen-bond donors (Lipinski definition) is 2. The quantitative estimate of drug-likeness (QED) is 0.748. The number of carbonyl (C=O) groups is 2. The molecule has 27 heavy (non-hydrogen) atoms. The van der Waals surface area contributed by atoms with Crippen LogP contribution in [0.1, 0.15) is 29.8 Å². The molecule has 0 aliphatic heterocycles. The van der Waals surface area contributed by atoms with E-state index < -0.39 is 17.8 Å². The van der Waals surface area contributed by atoms with Gasteiger partial charge in [-0.05, 0) is 35.7 Å². The summed E-state index contributed by atoms with van der Waals surface area (Å²) in [5.41, 5.74) is 1.22. The fourth-order valence-corrected chi connectivity index (χ4v) is 2.73. The van der Waals surface area contributed by atoms with Crippen LogP contribution in [-0.2, 0) is 11.3 Å². The van der Waals surface area contributed by atoms with E-state index in [0.717, 1.165) is 5.56 Å². The fourth-order valence-electron chi connectivity index (χ4n) is 2.73. The lowest BCUT2D eigenvalue weighted by Crippen LogP contribution is -2.51. The minimum atomic E-state index is -0.752. The second-order valence-corrected chi connectivity index (χ2v) is 6.67. The molecule has 0 saturated carbocycles. The van der Waals surface area contributed by atoms with E-state index in [9.17, 15) is 19.1 Å². The van der Waals surface area contributed by atoms with Gasteiger partial charge in [-0.3, -0.25) is 9.59 Å². The van der Waals surface area contributed by atoms with Crippen LogP contribution in [0.5, 0.6) is 0 Å². The summed E-state index contributed by atoms with van der Waals surface area (Å²) in [6, 6.07) is 13.9. The van der Waals surface area contributed by atoms with Crippen molar-refractivity contribution in [3.05, 3.63) is 71.5 Å². The van der Waals surface area contributed by atoms with Gasteiger partial charge in [0, 0.05) is 18.7 Å². The number of aliphatic hydroxyl groups excluding tert-OH is 1. The third-order valence-corrected chi connectivity index (χ3v) is 4.22. The van der Waals surface area contributed by atoms with Crippen molar-refractivity contribution in [3.8, 4) is 0 Å². The lowest BCUT2D eigenvalue weighted by atomic mass is 10.0. The lowest BCUT2D eigenvalue weighted by molar-refractivity contribution is -0.135. The van der Waals surface area contributed by atoms with Crippen molar-refractivity contribution in [1.29, 1.82) is 0 Å². The van der Waals surface area contributed by atoms with E-state index in [4.69, 9.17) is 0 Å². The molecule has 144 valence electrons. The Morgan fingerprint density at radius 3 is 2.26 bits per heavy atom. The first-order chi connectivity index (χ1) is 12.9. The number of amides is 2. The lowest BCUT2D eigenvalue weighted by Gasteiger charge is -2.29. The number of carbonyl (C=O) groups excluding carboxylic acids is 2. The van der Waals surface area contributed by atoms with Gasteiger partial charge in [-0.15, -0.1) is 0 Å². The van der Waals surface area contributed by atoms with Crippen molar-refractivity contribution in [2.24, 2.45) is 5.92 Å². The van der Waals surface area contributed by atoms with Gasteiger partial charge >= 0.3 is 0 Å². The van der Waals surface area contributed by atoms with Gasteiger partial charge in [0.15, 0.2) is 0 Å². The standard InChI is InChI=1S/C21H25FN2O3/c1-15(2)19(23-20(26)17-8-10-18(22)11-9-17)21(27)24(12-13-25)14-16-6-4-3-5-7-16/h3-11,15,19,25H,12-14H2,1-2H3,(H,23,26). The van der Waals surface area contributed by atoms with Gasteiger partial charge in [0.05, 0.1) is 6.61 Å². The number of rotatable bonds is 8. The minimum Gasteiger partial charge on any atom is -0.395 e. The predicted molar refractivity (Wildman–Crippen MR) is 101 cm³/mol. The number of hydrogen-bond acceptors (Lipinski definition) is 3. The third kappa shape index (κ3) is 5.89. The van der Waals surface area contributed by atoms with Gasteiger partial charge in [-0.1, -0.05) is 44.2 Å². The molecule has 0 bridgehead atoms. The monoisotopic (exact) mass is 372 g/mol. The molecule has 5 nitrogen and oxygen atoms in total. The van der Waals surface area contributed by atoms with Gasteiger partial charge in [0.2, 0.25) is 5.91 Å². The highest BCUT2D eigenvalue weighted by molar-refractivity contribution is 5.97. The van der Waals surface area contributed by atoms with Crippen LogP contribution < -0.4 is 5.32 Å². The number of benzene rings is 2. The van der Waals surface area contributed by atoms with E-state index in [1.807, 2.05) is 44.2 Å². The second-order valence-electron chi connectivity index (χ2n) is 6.67. The number of nitrogens with zero attached hydrogens (tertiary/aromatic N) is 1. The highest BCUT2D eigenvalue weighted by Crippen LogP contribution is 2.12. The number of halogens is 1. The summed E-state index contributed by atoms with van der Waals surface area (Å²) >= 11 is 0. The molecule has 0 radical (unpaired) electrons. The molecule has 0 aromatic heterocycles. The molecule has 1 atom stereocenters. The summed E-state index contributed by atoms with van der Waals surface area (Å²) in [6.07, 6.45) is 0. The van der Waals surface area contributed by atoms with Crippen molar-refractivity contribution >= 4 is 11.8 Å². The summed E-state index contributed by atoms with van der Waals surface area (Å²) in [4.78, 5) is 27.0. The molecular weight excluding hydrogens is 347 g/mol. The molecule has 0 aliphatic rings. The SMILES string of the molecule is CC(C)C(NC(=O)c1ccc(F)cc1)C(=O)N(CCO)Cc1ccccc1. The van der Waals surface area contributed by atoms with Crippen LogP contribution in [0.3, 0.4) is 0 Å². The molecule has 0 spiro atoms. The normalized spacial score (nSPS) is 11.9. The van der Waals surface area contributed by atoms with Crippen LogP contribution in [0, 0.1) is 11.7 Å². The van der Waals surface area contributed by atoms with Crippen LogP contribution in [0.25, 0.3) is 0 Å². The van der Waals surface area contributed by atoms with Crippen molar-refractivity contribution in [2.45, 2.75) is 26.4 Å². The molecule has 6 heteroatoms. The highest BCUT2D eigenvalue weighted by atomic mass is 19.1. The van der Waals surface area contributed by atoms with Crippen molar-refractivity contribution in [1.82, 2.24) is 10.2 Å². The molecule has 2 rings (SSSR count). The Labute approximate surface area is 158 Å². The Morgan fingerprint density at radius 2 is 1.70 bits per heavy atom. The molecule has 0 aliphatic carbocycles. The molecule has 0 fully saturated rings. The first kappa shape index (κ1) is 20.6. The van der Waals surface area contributed by atoms with Crippen molar-refractivity contribution in [2.75, 3.05) is 13.2 Å². The number of aliphatic hydroxyl groups is 1. The van der Waals surface area contributed by atoms with Gasteiger partial charge < -0.3 is 15.3 Å². The van der Waals surface area contributed by atoms with Crippen molar-refractivity contribution < 1.29 is 19.1 Å². The molecule has 2 aromatic rings. The van der Waals surface area contributed by atoms with E-state index in [1.54, 1.807) is 0 Å². The summed E-state index contributed by atoms with van der Waals surface area (Å²) in [6.45, 7) is 4.02. The van der Waals surface area contributed by atoms with Crippen molar-refractivity contribution in [3.63, 3.8) is 0 Å². The molecule has 1 unspecified atom stereocenters.